The molecule has 0 spiro atoms. The van der Waals surface area contributed by atoms with Crippen LogP contribution in [0.4, 0.5) is 14.5 Å². The Morgan fingerprint density at radius 3 is 2.71 bits per heavy atom. The number of anilines is 1. The highest BCUT2D eigenvalue weighted by Crippen LogP contribution is 2.21. The minimum absolute atomic E-state index is 0.179. The van der Waals surface area contributed by atoms with Gasteiger partial charge in [-0.25, -0.2) is 31.9 Å². The Bertz CT molecular complexity index is 781. The molecule has 112 valence electrons. The number of hydrogen-bond acceptors (Lipinski definition) is 5. The summed E-state index contributed by atoms with van der Waals surface area (Å²) in [6.45, 7) is 1.46. The van der Waals surface area contributed by atoms with Gasteiger partial charge in [0, 0.05) is 11.9 Å². The fourth-order valence-corrected chi connectivity index (χ4v) is 2.75. The standard InChI is InChI=1S/C12H12F2N4O2S/c1-7-16-3-2-9(18-7)6-17-21(19,20)11-5-8(15)4-10(13)12(11)14/h2-5,17H,6,15H2,1H3. The maximum absolute atomic E-state index is 13.6. The summed E-state index contributed by atoms with van der Waals surface area (Å²) in [6.07, 6.45) is 1.47. The highest BCUT2D eigenvalue weighted by atomic mass is 32.2. The molecule has 1 aromatic heterocycles. The van der Waals surface area contributed by atoms with Gasteiger partial charge < -0.3 is 5.73 Å². The van der Waals surface area contributed by atoms with Crippen LogP contribution in [0, 0.1) is 18.6 Å². The van der Waals surface area contributed by atoms with Crippen molar-refractivity contribution in [3.8, 4) is 0 Å². The van der Waals surface area contributed by atoms with E-state index in [2.05, 4.69) is 14.7 Å². The first-order valence-electron chi connectivity index (χ1n) is 5.82. The van der Waals surface area contributed by atoms with Crippen molar-refractivity contribution in [3.05, 3.63) is 47.5 Å². The van der Waals surface area contributed by atoms with E-state index >= 15 is 0 Å². The Labute approximate surface area is 120 Å². The zero-order chi connectivity index (χ0) is 15.6. The number of nitrogens with zero attached hydrogens (tertiary/aromatic N) is 2. The summed E-state index contributed by atoms with van der Waals surface area (Å²) in [5, 5.41) is 0. The topological polar surface area (TPSA) is 98.0 Å². The predicted octanol–water partition coefficient (Wildman–Crippen LogP) is 1.12. The molecule has 2 aromatic rings. The van der Waals surface area contributed by atoms with Crippen LogP contribution in [0.15, 0.2) is 29.3 Å². The minimum atomic E-state index is -4.25. The largest absolute Gasteiger partial charge is 0.399 e. The Kier molecular flexibility index (Phi) is 4.14. The van der Waals surface area contributed by atoms with E-state index in [9.17, 15) is 17.2 Å². The van der Waals surface area contributed by atoms with Gasteiger partial charge in [0.25, 0.3) is 0 Å². The smallest absolute Gasteiger partial charge is 0.244 e. The number of halogens is 2. The van der Waals surface area contributed by atoms with Crippen molar-refractivity contribution in [2.75, 3.05) is 5.73 Å². The first-order chi connectivity index (χ1) is 9.79. The van der Waals surface area contributed by atoms with Crippen molar-refractivity contribution in [2.24, 2.45) is 0 Å². The third-order valence-corrected chi connectivity index (χ3v) is 3.98. The van der Waals surface area contributed by atoms with E-state index in [0.29, 0.717) is 17.6 Å². The molecular weight excluding hydrogens is 302 g/mol. The fraction of sp³-hybridized carbons (Fsp3) is 0.167. The van der Waals surface area contributed by atoms with Crippen LogP contribution in [0.2, 0.25) is 0 Å². The number of hydrogen-bond donors (Lipinski definition) is 2. The quantitative estimate of drug-likeness (QED) is 0.824. The number of sulfonamides is 1. The number of aryl methyl sites for hydroxylation is 1. The molecule has 21 heavy (non-hydrogen) atoms. The SMILES string of the molecule is Cc1nccc(CNS(=O)(=O)c2cc(N)cc(F)c2F)n1. The zero-order valence-corrected chi connectivity index (χ0v) is 11.8. The molecule has 2 rings (SSSR count). The summed E-state index contributed by atoms with van der Waals surface area (Å²) in [6, 6.07) is 3.07. The molecule has 6 nitrogen and oxygen atoms in total. The highest BCUT2D eigenvalue weighted by Gasteiger charge is 2.22. The van der Waals surface area contributed by atoms with Gasteiger partial charge in [-0.3, -0.25) is 0 Å². The van der Waals surface area contributed by atoms with Gasteiger partial charge in [-0.2, -0.15) is 0 Å². The average molecular weight is 314 g/mol. The lowest BCUT2D eigenvalue weighted by Gasteiger charge is -2.09. The third kappa shape index (κ3) is 3.50. The molecule has 0 radical (unpaired) electrons. The molecule has 0 aliphatic carbocycles. The van der Waals surface area contributed by atoms with Gasteiger partial charge in [0.15, 0.2) is 11.6 Å². The van der Waals surface area contributed by atoms with Crippen LogP contribution in [0.25, 0.3) is 0 Å². The van der Waals surface area contributed by atoms with Crippen molar-refractivity contribution in [1.82, 2.24) is 14.7 Å². The first-order valence-corrected chi connectivity index (χ1v) is 7.30. The molecule has 0 unspecified atom stereocenters. The van der Waals surface area contributed by atoms with Gasteiger partial charge in [0.05, 0.1) is 12.2 Å². The average Bonchev–Trinajstić information content (AvgIpc) is 2.41. The van der Waals surface area contributed by atoms with E-state index in [1.807, 2.05) is 0 Å². The molecule has 0 amide bonds. The van der Waals surface area contributed by atoms with Crippen LogP contribution in [-0.4, -0.2) is 18.4 Å². The molecule has 0 aliphatic heterocycles. The molecule has 0 saturated heterocycles. The zero-order valence-electron chi connectivity index (χ0n) is 11.0. The highest BCUT2D eigenvalue weighted by molar-refractivity contribution is 7.89. The second-order valence-electron chi connectivity index (χ2n) is 4.23. The van der Waals surface area contributed by atoms with Crippen molar-refractivity contribution in [1.29, 1.82) is 0 Å². The number of aromatic nitrogens is 2. The second-order valence-corrected chi connectivity index (χ2v) is 5.97. The Morgan fingerprint density at radius 2 is 2.05 bits per heavy atom. The van der Waals surface area contributed by atoms with Crippen molar-refractivity contribution >= 4 is 15.7 Å². The van der Waals surface area contributed by atoms with E-state index in [1.165, 1.54) is 12.3 Å². The van der Waals surface area contributed by atoms with Crippen LogP contribution in [0.3, 0.4) is 0 Å². The van der Waals surface area contributed by atoms with E-state index < -0.39 is 26.6 Å². The van der Waals surface area contributed by atoms with E-state index in [0.717, 1.165) is 6.07 Å². The van der Waals surface area contributed by atoms with Gasteiger partial charge in [-0.1, -0.05) is 0 Å². The maximum atomic E-state index is 13.6. The minimum Gasteiger partial charge on any atom is -0.399 e. The van der Waals surface area contributed by atoms with Crippen LogP contribution >= 0.6 is 0 Å². The third-order valence-electron chi connectivity index (χ3n) is 2.58. The van der Waals surface area contributed by atoms with Gasteiger partial charge in [-0.15, -0.1) is 0 Å². The van der Waals surface area contributed by atoms with Crippen LogP contribution in [0.1, 0.15) is 11.5 Å². The van der Waals surface area contributed by atoms with Crippen LogP contribution in [0.5, 0.6) is 0 Å². The van der Waals surface area contributed by atoms with Crippen LogP contribution < -0.4 is 10.5 Å². The molecule has 0 atom stereocenters. The fourth-order valence-electron chi connectivity index (χ4n) is 1.63. The molecule has 0 aliphatic rings. The molecule has 0 saturated carbocycles. The summed E-state index contributed by atoms with van der Waals surface area (Å²) in [4.78, 5) is 7.02. The summed E-state index contributed by atoms with van der Waals surface area (Å²) in [5.41, 5.74) is 5.54. The summed E-state index contributed by atoms with van der Waals surface area (Å²) < 4.78 is 52.9. The second kappa shape index (κ2) is 5.70. The summed E-state index contributed by atoms with van der Waals surface area (Å²) in [5.74, 6) is -2.34. The predicted molar refractivity (Wildman–Crippen MR) is 71.6 cm³/mol. The number of benzene rings is 1. The molecule has 1 aromatic carbocycles. The lowest BCUT2D eigenvalue weighted by Crippen LogP contribution is -2.25. The summed E-state index contributed by atoms with van der Waals surface area (Å²) >= 11 is 0. The number of rotatable bonds is 4. The lowest BCUT2D eigenvalue weighted by atomic mass is 10.3. The maximum Gasteiger partial charge on any atom is 0.244 e. The molecule has 1 heterocycles. The van der Waals surface area contributed by atoms with Crippen molar-refractivity contribution in [2.45, 2.75) is 18.4 Å². The number of nitrogens with one attached hydrogen (secondary N) is 1. The Hall–Kier alpha value is -2.13. The van der Waals surface area contributed by atoms with E-state index in [4.69, 9.17) is 5.73 Å². The van der Waals surface area contributed by atoms with Gasteiger partial charge in [0.2, 0.25) is 10.0 Å². The molecule has 0 bridgehead atoms. The normalized spacial score (nSPS) is 11.6. The van der Waals surface area contributed by atoms with E-state index in [1.54, 1.807) is 6.92 Å². The Balaban J connectivity index is 2.27. The van der Waals surface area contributed by atoms with Gasteiger partial charge in [-0.05, 0) is 25.1 Å². The monoisotopic (exact) mass is 314 g/mol. The van der Waals surface area contributed by atoms with Crippen molar-refractivity contribution in [3.63, 3.8) is 0 Å². The summed E-state index contributed by atoms with van der Waals surface area (Å²) in [7, 11) is -4.25. The molecule has 0 fully saturated rings. The number of nitrogen functional groups attached to an aromatic ring is 1. The van der Waals surface area contributed by atoms with Gasteiger partial charge >= 0.3 is 0 Å². The molecular formula is C12H12F2N4O2S. The van der Waals surface area contributed by atoms with Gasteiger partial charge in [0.1, 0.15) is 10.7 Å². The van der Waals surface area contributed by atoms with E-state index in [-0.39, 0.29) is 12.2 Å². The first kappa shape index (κ1) is 15.3. The van der Waals surface area contributed by atoms with Crippen LogP contribution in [-0.2, 0) is 16.6 Å². The number of nitrogens with two attached hydrogens (primary N) is 1. The van der Waals surface area contributed by atoms with Crippen molar-refractivity contribution < 1.29 is 17.2 Å². The Morgan fingerprint density at radius 1 is 1.33 bits per heavy atom. The molecule has 3 N–H and O–H groups in total. The molecule has 9 heteroatoms. The lowest BCUT2D eigenvalue weighted by molar-refractivity contribution is 0.483.